The van der Waals surface area contributed by atoms with Crippen LogP contribution < -0.4 is 0 Å². The molecule has 10 aromatic rings. The van der Waals surface area contributed by atoms with Crippen molar-refractivity contribution in [1.82, 2.24) is 19.9 Å². The maximum Gasteiger partial charge on any atom is 0.182 e. The molecule has 0 bridgehead atoms. The number of benzene rings is 7. The van der Waals surface area contributed by atoms with E-state index in [2.05, 4.69) is 108 Å². The van der Waals surface area contributed by atoms with Crippen molar-refractivity contribution in [3.05, 3.63) is 158 Å². The largest absolute Gasteiger partial charge is 0.456 e. The molecule has 0 radical (unpaired) electrons. The molecule has 0 atom stereocenters. The highest BCUT2D eigenvalue weighted by Crippen LogP contribution is 2.41. The lowest BCUT2D eigenvalue weighted by Gasteiger charge is -2.12. The molecule has 7 aromatic carbocycles. The van der Waals surface area contributed by atoms with Crippen LogP contribution in [0.3, 0.4) is 0 Å². The number of pyridine rings is 1. The van der Waals surface area contributed by atoms with Gasteiger partial charge < -0.3 is 4.42 Å². The van der Waals surface area contributed by atoms with Crippen molar-refractivity contribution in [2.75, 3.05) is 0 Å². The van der Waals surface area contributed by atoms with E-state index in [1.54, 1.807) is 6.20 Å². The van der Waals surface area contributed by atoms with Gasteiger partial charge in [0.2, 0.25) is 0 Å². The Hall–Kier alpha value is -6.72. The van der Waals surface area contributed by atoms with Gasteiger partial charge in [-0.1, -0.05) is 121 Å². The summed E-state index contributed by atoms with van der Waals surface area (Å²) >= 11 is 0. The molecular weight excluding hydrogens is 601 g/mol. The standard InChI is InChI=1S/C44H26N4O/c1-2-11-29(12-3-1)42-46-43(48-44(47-42)37-18-6-7-25-45-37)35-17-9-15-33-31(14-8-16-34(33)35)30-22-23-38-36(26-30)41-39(49-38)24-21-28-20-19-27-10-4-5-13-32(27)40(28)41/h1-26H. The SMILES string of the molecule is c1ccc(-c2nc(-c3ccccn3)nc(-c3cccc4c(-c5ccc6oc7ccc8ccc9ccccc9c8c7c6c5)cccc34)n2)cc1. The molecule has 0 aliphatic heterocycles. The van der Waals surface area contributed by atoms with Crippen LogP contribution in [-0.4, -0.2) is 19.9 Å². The monoisotopic (exact) mass is 626 g/mol. The Balaban J connectivity index is 1.18. The minimum Gasteiger partial charge on any atom is -0.456 e. The topological polar surface area (TPSA) is 64.7 Å². The maximum absolute atomic E-state index is 6.43. The zero-order valence-electron chi connectivity index (χ0n) is 26.2. The normalized spacial score (nSPS) is 11.7. The molecule has 49 heavy (non-hydrogen) atoms. The molecule has 228 valence electrons. The molecule has 0 spiro atoms. The summed E-state index contributed by atoms with van der Waals surface area (Å²) in [6.07, 6.45) is 1.76. The Kier molecular flexibility index (Phi) is 6.11. The molecule has 0 N–H and O–H groups in total. The van der Waals surface area contributed by atoms with E-state index in [1.165, 1.54) is 21.5 Å². The summed E-state index contributed by atoms with van der Waals surface area (Å²) in [4.78, 5) is 19.4. The fourth-order valence-corrected chi connectivity index (χ4v) is 7.11. The molecular formula is C44H26N4O. The van der Waals surface area contributed by atoms with Crippen LogP contribution in [0, 0.1) is 0 Å². The lowest BCUT2D eigenvalue weighted by atomic mass is 9.93. The van der Waals surface area contributed by atoms with Gasteiger partial charge in [-0.3, -0.25) is 4.98 Å². The zero-order valence-corrected chi connectivity index (χ0v) is 26.2. The van der Waals surface area contributed by atoms with Crippen LogP contribution in [-0.2, 0) is 0 Å². The van der Waals surface area contributed by atoms with E-state index < -0.39 is 0 Å². The summed E-state index contributed by atoms with van der Waals surface area (Å²) in [6.45, 7) is 0. The fourth-order valence-electron chi connectivity index (χ4n) is 7.11. The second-order valence-corrected chi connectivity index (χ2v) is 12.2. The molecule has 0 saturated carbocycles. The summed E-state index contributed by atoms with van der Waals surface area (Å²) in [5.41, 5.74) is 6.57. The molecule has 10 rings (SSSR count). The van der Waals surface area contributed by atoms with Gasteiger partial charge in [-0.15, -0.1) is 0 Å². The Labute approximate surface area is 281 Å². The Morgan fingerprint density at radius 2 is 1.08 bits per heavy atom. The second-order valence-electron chi connectivity index (χ2n) is 12.2. The third-order valence-electron chi connectivity index (χ3n) is 9.38. The lowest BCUT2D eigenvalue weighted by Crippen LogP contribution is -2.01. The molecule has 3 aromatic heterocycles. The van der Waals surface area contributed by atoms with E-state index in [-0.39, 0.29) is 0 Å². The number of nitrogens with zero attached hydrogens (tertiary/aromatic N) is 4. The third kappa shape index (κ3) is 4.48. The van der Waals surface area contributed by atoms with Crippen molar-refractivity contribution < 1.29 is 4.42 Å². The number of hydrogen-bond donors (Lipinski definition) is 0. The first kappa shape index (κ1) is 27.4. The Morgan fingerprint density at radius 1 is 0.388 bits per heavy atom. The predicted octanol–water partition coefficient (Wildman–Crippen LogP) is 11.3. The second kappa shape index (κ2) is 10.9. The van der Waals surface area contributed by atoms with E-state index in [0.29, 0.717) is 23.2 Å². The van der Waals surface area contributed by atoms with Crippen molar-refractivity contribution >= 4 is 54.3 Å². The van der Waals surface area contributed by atoms with Gasteiger partial charge in [-0.05, 0) is 68.4 Å². The quantitative estimate of drug-likeness (QED) is 0.182. The molecule has 0 aliphatic carbocycles. The smallest absolute Gasteiger partial charge is 0.182 e. The van der Waals surface area contributed by atoms with E-state index in [4.69, 9.17) is 19.4 Å². The molecule has 0 fully saturated rings. The van der Waals surface area contributed by atoms with Crippen LogP contribution in [0.15, 0.2) is 162 Å². The molecule has 0 saturated heterocycles. The zero-order chi connectivity index (χ0) is 32.3. The Morgan fingerprint density at radius 3 is 1.96 bits per heavy atom. The Bertz CT molecular complexity index is 2820. The summed E-state index contributed by atoms with van der Waals surface area (Å²) in [5.74, 6) is 1.75. The van der Waals surface area contributed by atoms with Crippen LogP contribution in [0.5, 0.6) is 0 Å². The lowest BCUT2D eigenvalue weighted by molar-refractivity contribution is 0.669. The molecule has 0 amide bonds. The van der Waals surface area contributed by atoms with Crippen molar-refractivity contribution in [2.45, 2.75) is 0 Å². The minimum atomic E-state index is 0.537. The van der Waals surface area contributed by atoms with E-state index in [9.17, 15) is 0 Å². The van der Waals surface area contributed by atoms with Crippen molar-refractivity contribution in [3.8, 4) is 45.4 Å². The van der Waals surface area contributed by atoms with E-state index in [1.807, 2.05) is 48.5 Å². The highest BCUT2D eigenvalue weighted by atomic mass is 16.3. The summed E-state index contributed by atoms with van der Waals surface area (Å²) in [7, 11) is 0. The number of furan rings is 1. The average molecular weight is 627 g/mol. The summed E-state index contributed by atoms with van der Waals surface area (Å²) in [5, 5.41) is 9.29. The van der Waals surface area contributed by atoms with Gasteiger partial charge in [0.15, 0.2) is 17.5 Å². The molecule has 3 heterocycles. The average Bonchev–Trinajstić information content (AvgIpc) is 3.56. The van der Waals surface area contributed by atoms with Crippen LogP contribution in [0.4, 0.5) is 0 Å². The van der Waals surface area contributed by atoms with E-state index in [0.717, 1.165) is 55.0 Å². The number of hydrogen-bond acceptors (Lipinski definition) is 5. The first-order valence-electron chi connectivity index (χ1n) is 16.3. The van der Waals surface area contributed by atoms with Gasteiger partial charge in [0.25, 0.3) is 0 Å². The van der Waals surface area contributed by atoms with Crippen LogP contribution >= 0.6 is 0 Å². The molecule has 5 nitrogen and oxygen atoms in total. The number of rotatable bonds is 4. The molecule has 5 heteroatoms. The highest BCUT2D eigenvalue weighted by molar-refractivity contribution is 6.27. The number of fused-ring (bicyclic) bond motifs is 8. The molecule has 0 unspecified atom stereocenters. The van der Waals surface area contributed by atoms with Crippen LogP contribution in [0.1, 0.15) is 0 Å². The first-order valence-corrected chi connectivity index (χ1v) is 16.3. The van der Waals surface area contributed by atoms with Crippen LogP contribution in [0.25, 0.3) is 99.7 Å². The van der Waals surface area contributed by atoms with Crippen molar-refractivity contribution in [3.63, 3.8) is 0 Å². The van der Waals surface area contributed by atoms with Gasteiger partial charge in [-0.25, -0.2) is 15.0 Å². The van der Waals surface area contributed by atoms with Gasteiger partial charge in [0.05, 0.1) is 0 Å². The minimum absolute atomic E-state index is 0.537. The first-order chi connectivity index (χ1) is 24.3. The van der Waals surface area contributed by atoms with Crippen molar-refractivity contribution in [2.24, 2.45) is 0 Å². The van der Waals surface area contributed by atoms with Crippen LogP contribution in [0.2, 0.25) is 0 Å². The summed E-state index contributed by atoms with van der Waals surface area (Å²) < 4.78 is 6.43. The molecule has 0 aliphatic rings. The van der Waals surface area contributed by atoms with Crippen molar-refractivity contribution in [1.29, 1.82) is 0 Å². The van der Waals surface area contributed by atoms with Gasteiger partial charge in [0, 0.05) is 33.5 Å². The van der Waals surface area contributed by atoms with Gasteiger partial charge in [-0.2, -0.15) is 0 Å². The fraction of sp³-hybridized carbons (Fsp3) is 0. The van der Waals surface area contributed by atoms with E-state index >= 15 is 0 Å². The van der Waals surface area contributed by atoms with Gasteiger partial charge >= 0.3 is 0 Å². The summed E-state index contributed by atoms with van der Waals surface area (Å²) in [6, 6.07) is 52.3. The number of aromatic nitrogens is 4. The van der Waals surface area contributed by atoms with Gasteiger partial charge in [0.1, 0.15) is 16.9 Å². The predicted molar refractivity (Wildman–Crippen MR) is 199 cm³/mol. The third-order valence-corrected chi connectivity index (χ3v) is 9.38. The highest BCUT2D eigenvalue weighted by Gasteiger charge is 2.18. The maximum atomic E-state index is 6.43.